The first-order chi connectivity index (χ1) is 9.40. The van der Waals surface area contributed by atoms with Gasteiger partial charge < -0.3 is 10.0 Å². The van der Waals surface area contributed by atoms with Crippen molar-refractivity contribution in [3.63, 3.8) is 0 Å². The third-order valence-electron chi connectivity index (χ3n) is 3.41. The monoisotopic (exact) mass is 301 g/mol. The quantitative estimate of drug-likeness (QED) is 0.819. The number of halogens is 1. The van der Waals surface area contributed by atoms with Gasteiger partial charge in [-0.1, -0.05) is 30.3 Å². The second-order valence-electron chi connectivity index (χ2n) is 4.93. The van der Waals surface area contributed by atoms with E-state index in [-0.39, 0.29) is 25.5 Å². The Hall–Kier alpha value is -1.47. The first-order valence-corrected chi connectivity index (χ1v) is 7.83. The van der Waals surface area contributed by atoms with E-state index in [1.165, 1.54) is 4.90 Å². The molecule has 1 aliphatic heterocycles. The van der Waals surface area contributed by atoms with Crippen LogP contribution in [0.2, 0.25) is 0 Å². The first-order valence-electron chi connectivity index (χ1n) is 6.28. The van der Waals surface area contributed by atoms with Crippen molar-refractivity contribution in [3.8, 4) is 0 Å². The fourth-order valence-electron chi connectivity index (χ4n) is 2.56. The number of nitrogens with zero attached hydrogens (tertiary/aromatic N) is 1. The average molecular weight is 301 g/mol. The molecule has 0 radical (unpaired) electrons. The molecule has 1 amide bonds. The number of hydrogen-bond acceptors (Lipinski definition) is 4. The third kappa shape index (κ3) is 3.55. The molecule has 0 aliphatic carbocycles. The minimum atomic E-state index is -4.59. The van der Waals surface area contributed by atoms with Gasteiger partial charge in [-0.2, -0.15) is 8.42 Å². The largest absolute Gasteiger partial charge is 0.394 e. The second kappa shape index (κ2) is 5.88. The molecular formula is C13H16FNO4S. The van der Waals surface area contributed by atoms with Crippen LogP contribution in [0.15, 0.2) is 30.3 Å². The number of amides is 1. The van der Waals surface area contributed by atoms with Gasteiger partial charge in [0, 0.05) is 18.9 Å². The van der Waals surface area contributed by atoms with Crippen molar-refractivity contribution in [2.24, 2.45) is 5.92 Å². The molecular weight excluding hydrogens is 285 g/mol. The van der Waals surface area contributed by atoms with Crippen molar-refractivity contribution in [2.75, 3.05) is 18.9 Å². The highest BCUT2D eigenvalue weighted by Gasteiger charge is 2.36. The molecule has 0 saturated carbocycles. The van der Waals surface area contributed by atoms with E-state index in [0.717, 1.165) is 5.56 Å². The van der Waals surface area contributed by atoms with Crippen LogP contribution in [-0.2, 0) is 15.0 Å². The summed E-state index contributed by atoms with van der Waals surface area (Å²) in [5.41, 5.74) is 0.770. The highest BCUT2D eigenvalue weighted by Crippen LogP contribution is 2.29. The predicted molar refractivity (Wildman–Crippen MR) is 71.0 cm³/mol. The van der Waals surface area contributed by atoms with Gasteiger partial charge in [-0.3, -0.25) is 4.79 Å². The lowest BCUT2D eigenvalue weighted by Crippen LogP contribution is -2.33. The van der Waals surface area contributed by atoms with E-state index in [4.69, 9.17) is 0 Å². The van der Waals surface area contributed by atoms with Crippen molar-refractivity contribution in [2.45, 2.75) is 12.5 Å². The lowest BCUT2D eigenvalue weighted by atomic mass is 10.1. The summed E-state index contributed by atoms with van der Waals surface area (Å²) in [5.74, 6) is -1.47. The van der Waals surface area contributed by atoms with E-state index >= 15 is 0 Å². The summed E-state index contributed by atoms with van der Waals surface area (Å²) < 4.78 is 34.0. The van der Waals surface area contributed by atoms with Gasteiger partial charge in [0.1, 0.15) is 0 Å². The van der Waals surface area contributed by atoms with Crippen LogP contribution in [0.4, 0.5) is 3.89 Å². The number of likely N-dealkylation sites (tertiary alicyclic amines) is 1. The van der Waals surface area contributed by atoms with Crippen molar-refractivity contribution in [1.82, 2.24) is 4.90 Å². The SMILES string of the molecule is O=C1CC(CS(=O)(=O)F)CN1C(CO)c1ccccc1. The van der Waals surface area contributed by atoms with Crippen LogP contribution in [0.5, 0.6) is 0 Å². The Morgan fingerprint density at radius 1 is 1.35 bits per heavy atom. The molecule has 20 heavy (non-hydrogen) atoms. The number of benzene rings is 1. The Morgan fingerprint density at radius 3 is 2.55 bits per heavy atom. The molecule has 1 heterocycles. The number of carbonyl (C=O) groups is 1. The molecule has 0 bridgehead atoms. The molecule has 1 fully saturated rings. The zero-order valence-corrected chi connectivity index (χ0v) is 11.6. The van der Waals surface area contributed by atoms with E-state index in [9.17, 15) is 22.2 Å². The normalized spacial score (nSPS) is 21.2. The van der Waals surface area contributed by atoms with Crippen molar-refractivity contribution < 1.29 is 22.2 Å². The van der Waals surface area contributed by atoms with E-state index in [1.54, 1.807) is 24.3 Å². The van der Waals surface area contributed by atoms with E-state index in [2.05, 4.69) is 0 Å². The average Bonchev–Trinajstić information content (AvgIpc) is 2.70. The van der Waals surface area contributed by atoms with Gasteiger partial charge >= 0.3 is 10.2 Å². The summed E-state index contributed by atoms with van der Waals surface area (Å²) in [6, 6.07) is 8.46. The summed E-state index contributed by atoms with van der Waals surface area (Å²) in [6.45, 7) is -0.118. The Balaban J connectivity index is 2.14. The van der Waals surface area contributed by atoms with Crippen LogP contribution in [0.1, 0.15) is 18.0 Å². The minimum absolute atomic E-state index is 0.00746. The molecule has 1 N–H and O–H groups in total. The molecule has 1 aliphatic rings. The zero-order chi connectivity index (χ0) is 14.8. The minimum Gasteiger partial charge on any atom is -0.394 e. The molecule has 1 aromatic carbocycles. The Kier molecular flexibility index (Phi) is 4.39. The molecule has 2 atom stereocenters. The molecule has 1 aromatic rings. The third-order valence-corrected chi connectivity index (χ3v) is 4.28. The highest BCUT2D eigenvalue weighted by molar-refractivity contribution is 7.86. The molecule has 2 unspecified atom stereocenters. The number of aliphatic hydroxyl groups excluding tert-OH is 1. The van der Waals surface area contributed by atoms with Crippen molar-refractivity contribution in [3.05, 3.63) is 35.9 Å². The number of hydrogen-bond donors (Lipinski definition) is 1. The van der Waals surface area contributed by atoms with Crippen molar-refractivity contribution in [1.29, 1.82) is 0 Å². The summed E-state index contributed by atoms with van der Waals surface area (Å²) in [6.07, 6.45) is -0.00746. The Morgan fingerprint density at radius 2 is 2.00 bits per heavy atom. The Labute approximate surface area is 117 Å². The van der Waals surface area contributed by atoms with Crippen LogP contribution in [-0.4, -0.2) is 43.2 Å². The first kappa shape index (κ1) is 14.9. The highest BCUT2D eigenvalue weighted by atomic mass is 32.3. The van der Waals surface area contributed by atoms with E-state index in [0.29, 0.717) is 0 Å². The van der Waals surface area contributed by atoms with Crippen LogP contribution in [0, 0.1) is 5.92 Å². The van der Waals surface area contributed by atoms with Gasteiger partial charge in [-0.25, -0.2) is 0 Å². The van der Waals surface area contributed by atoms with Crippen LogP contribution in [0.25, 0.3) is 0 Å². The summed E-state index contributed by atoms with van der Waals surface area (Å²) in [7, 11) is -4.59. The zero-order valence-electron chi connectivity index (χ0n) is 10.8. The van der Waals surface area contributed by atoms with E-state index < -0.39 is 27.9 Å². The summed E-state index contributed by atoms with van der Waals surface area (Å²) in [4.78, 5) is 13.4. The lowest BCUT2D eigenvalue weighted by Gasteiger charge is -2.27. The van der Waals surface area contributed by atoms with Crippen LogP contribution >= 0.6 is 0 Å². The van der Waals surface area contributed by atoms with Gasteiger partial charge in [0.15, 0.2) is 0 Å². The smallest absolute Gasteiger partial charge is 0.302 e. The van der Waals surface area contributed by atoms with Gasteiger partial charge in [-0.05, 0) is 5.56 Å². The maximum absolute atomic E-state index is 12.7. The lowest BCUT2D eigenvalue weighted by molar-refractivity contribution is -0.130. The van der Waals surface area contributed by atoms with Gasteiger partial charge in [0.2, 0.25) is 5.91 Å². The molecule has 7 heteroatoms. The topological polar surface area (TPSA) is 74.7 Å². The standard InChI is InChI=1S/C13H16FNO4S/c14-20(18,19)9-10-6-13(17)15(7-10)12(8-16)11-4-2-1-3-5-11/h1-5,10,12,16H,6-9H2. The molecule has 5 nitrogen and oxygen atoms in total. The fraction of sp³-hybridized carbons (Fsp3) is 0.462. The fourth-order valence-corrected chi connectivity index (χ4v) is 3.35. The molecule has 0 spiro atoms. The Bertz CT molecular complexity index is 575. The molecule has 1 saturated heterocycles. The van der Waals surface area contributed by atoms with Gasteiger partial charge in [0.05, 0.1) is 18.4 Å². The predicted octanol–water partition coefficient (Wildman–Crippen LogP) is 0.868. The van der Waals surface area contributed by atoms with Crippen LogP contribution in [0.3, 0.4) is 0 Å². The van der Waals surface area contributed by atoms with E-state index in [1.807, 2.05) is 6.07 Å². The maximum Gasteiger partial charge on any atom is 0.302 e. The number of rotatable bonds is 5. The maximum atomic E-state index is 12.7. The summed E-state index contributed by atoms with van der Waals surface area (Å²) >= 11 is 0. The molecule has 110 valence electrons. The number of carbonyl (C=O) groups excluding carboxylic acids is 1. The second-order valence-corrected chi connectivity index (χ2v) is 6.34. The molecule has 2 rings (SSSR count). The van der Waals surface area contributed by atoms with Crippen molar-refractivity contribution >= 4 is 16.1 Å². The molecule has 0 aromatic heterocycles. The van der Waals surface area contributed by atoms with Gasteiger partial charge in [0.25, 0.3) is 0 Å². The number of aliphatic hydroxyl groups is 1. The van der Waals surface area contributed by atoms with Gasteiger partial charge in [-0.15, -0.1) is 3.89 Å². The summed E-state index contributed by atoms with van der Waals surface area (Å²) in [5, 5.41) is 9.49. The van der Waals surface area contributed by atoms with Crippen LogP contribution < -0.4 is 0 Å².